The molecule has 2 aromatic rings. The van der Waals surface area contributed by atoms with Gasteiger partial charge in [-0.1, -0.05) is 43.5 Å². The van der Waals surface area contributed by atoms with Gasteiger partial charge < -0.3 is 14.8 Å². The van der Waals surface area contributed by atoms with Crippen LogP contribution in [0.3, 0.4) is 0 Å². The SMILES string of the molecule is Cc1ccccc1-c1ccc2n(c1=O)C[C@H]1C[C@@H]2CN(C(=O)NC2CCCCC2)C1. The number of nitrogens with zero attached hydrogens (tertiary/aromatic N) is 2. The van der Waals surface area contributed by atoms with E-state index in [4.69, 9.17) is 0 Å². The molecule has 1 aromatic heterocycles. The van der Waals surface area contributed by atoms with Gasteiger partial charge in [-0.15, -0.1) is 0 Å². The van der Waals surface area contributed by atoms with Gasteiger partial charge >= 0.3 is 6.03 Å². The lowest BCUT2D eigenvalue weighted by molar-refractivity contribution is 0.127. The highest BCUT2D eigenvalue weighted by Crippen LogP contribution is 2.36. The van der Waals surface area contributed by atoms with E-state index in [1.54, 1.807) is 0 Å². The standard InChI is InChI=1S/C25H31N3O2/c1-17-7-5-6-10-21(17)22-11-12-23-19-13-18(15-28(23)24(22)29)14-27(16-19)25(30)26-20-8-3-2-4-9-20/h5-7,10-12,18-20H,2-4,8-9,13-16H2,1H3,(H,26,30)/t18-,19+/m0/s1. The summed E-state index contributed by atoms with van der Waals surface area (Å²) in [4.78, 5) is 28.2. The molecular formula is C25H31N3O2. The van der Waals surface area contributed by atoms with Crippen LogP contribution in [0, 0.1) is 12.8 Å². The summed E-state index contributed by atoms with van der Waals surface area (Å²) >= 11 is 0. The molecular weight excluding hydrogens is 374 g/mol. The number of hydrogen-bond acceptors (Lipinski definition) is 2. The number of nitrogens with one attached hydrogen (secondary N) is 1. The van der Waals surface area contributed by atoms with E-state index in [2.05, 4.69) is 24.4 Å². The van der Waals surface area contributed by atoms with Crippen LogP contribution in [-0.4, -0.2) is 34.6 Å². The number of carbonyl (C=O) groups is 1. The van der Waals surface area contributed by atoms with Crippen molar-refractivity contribution in [1.29, 1.82) is 0 Å². The van der Waals surface area contributed by atoms with Crippen molar-refractivity contribution in [3.63, 3.8) is 0 Å². The summed E-state index contributed by atoms with van der Waals surface area (Å²) in [7, 11) is 0. The zero-order valence-corrected chi connectivity index (χ0v) is 17.8. The Morgan fingerprint density at radius 1 is 0.967 bits per heavy atom. The number of amides is 2. The van der Waals surface area contributed by atoms with E-state index < -0.39 is 0 Å². The second-order valence-corrected chi connectivity index (χ2v) is 9.39. The van der Waals surface area contributed by atoms with Crippen molar-refractivity contribution in [2.45, 2.75) is 64.0 Å². The maximum atomic E-state index is 13.3. The highest BCUT2D eigenvalue weighted by atomic mass is 16.2. The van der Waals surface area contributed by atoms with Gasteiger partial charge in [0.1, 0.15) is 0 Å². The van der Waals surface area contributed by atoms with Gasteiger partial charge in [0.25, 0.3) is 5.56 Å². The fourth-order valence-corrected chi connectivity index (χ4v) is 5.70. The molecule has 2 bridgehead atoms. The summed E-state index contributed by atoms with van der Waals surface area (Å²) in [5.74, 6) is 0.589. The quantitative estimate of drug-likeness (QED) is 0.811. The molecule has 158 valence electrons. The molecule has 0 radical (unpaired) electrons. The number of piperidine rings is 1. The molecule has 1 aromatic carbocycles. The Bertz CT molecular complexity index is 1010. The van der Waals surface area contributed by atoms with Gasteiger partial charge in [0.2, 0.25) is 0 Å². The summed E-state index contributed by atoms with van der Waals surface area (Å²) in [6, 6.07) is 12.6. The summed E-state index contributed by atoms with van der Waals surface area (Å²) in [6.45, 7) is 4.21. The van der Waals surface area contributed by atoms with Crippen LogP contribution in [0.5, 0.6) is 0 Å². The summed E-state index contributed by atoms with van der Waals surface area (Å²) in [6.07, 6.45) is 7.00. The van der Waals surface area contributed by atoms with Crippen LogP contribution in [-0.2, 0) is 6.54 Å². The van der Waals surface area contributed by atoms with Gasteiger partial charge in [-0.25, -0.2) is 4.79 Å². The maximum absolute atomic E-state index is 13.3. The first-order valence-corrected chi connectivity index (χ1v) is 11.5. The molecule has 1 saturated carbocycles. The number of aromatic nitrogens is 1. The highest BCUT2D eigenvalue weighted by molar-refractivity contribution is 5.75. The van der Waals surface area contributed by atoms with Crippen LogP contribution >= 0.6 is 0 Å². The van der Waals surface area contributed by atoms with Crippen molar-refractivity contribution in [3.8, 4) is 11.1 Å². The Labute approximate surface area is 178 Å². The van der Waals surface area contributed by atoms with E-state index in [1.165, 1.54) is 19.3 Å². The molecule has 30 heavy (non-hydrogen) atoms. The molecule has 1 saturated heterocycles. The lowest BCUT2D eigenvalue weighted by atomic mass is 9.82. The molecule has 5 nitrogen and oxygen atoms in total. The monoisotopic (exact) mass is 405 g/mol. The number of aryl methyl sites for hydroxylation is 1. The van der Waals surface area contributed by atoms with Crippen molar-refractivity contribution in [3.05, 3.63) is 58.0 Å². The van der Waals surface area contributed by atoms with Crippen LogP contribution in [0.2, 0.25) is 0 Å². The normalized spacial score (nSPS) is 23.7. The predicted molar refractivity (Wildman–Crippen MR) is 119 cm³/mol. The van der Waals surface area contributed by atoms with E-state index in [9.17, 15) is 9.59 Å². The minimum atomic E-state index is 0.0870. The van der Waals surface area contributed by atoms with Crippen LogP contribution in [0.1, 0.15) is 55.7 Å². The van der Waals surface area contributed by atoms with Gasteiger partial charge in [-0.05, 0) is 55.4 Å². The number of pyridine rings is 1. The van der Waals surface area contributed by atoms with Crippen molar-refractivity contribution >= 4 is 6.03 Å². The molecule has 2 fully saturated rings. The number of fused-ring (bicyclic) bond motifs is 4. The summed E-state index contributed by atoms with van der Waals surface area (Å²) < 4.78 is 1.98. The Balaban J connectivity index is 1.38. The number of carbonyl (C=O) groups excluding carboxylic acids is 1. The Kier molecular flexibility index (Phi) is 5.13. The van der Waals surface area contributed by atoms with Crippen LogP contribution in [0.4, 0.5) is 4.79 Å². The van der Waals surface area contributed by atoms with Gasteiger partial charge in [0.05, 0.1) is 0 Å². The minimum Gasteiger partial charge on any atom is -0.335 e. The van der Waals surface area contributed by atoms with E-state index in [0.29, 0.717) is 25.0 Å². The lowest BCUT2D eigenvalue weighted by Crippen LogP contribution is -2.53. The molecule has 5 rings (SSSR count). The smallest absolute Gasteiger partial charge is 0.317 e. The largest absolute Gasteiger partial charge is 0.335 e. The molecule has 1 N–H and O–H groups in total. The van der Waals surface area contributed by atoms with Gasteiger partial charge in [-0.2, -0.15) is 0 Å². The molecule has 2 amide bonds. The Hall–Kier alpha value is -2.56. The zero-order valence-electron chi connectivity index (χ0n) is 17.8. The zero-order chi connectivity index (χ0) is 20.7. The molecule has 3 heterocycles. The minimum absolute atomic E-state index is 0.0870. The molecule has 1 aliphatic carbocycles. The molecule has 3 aliphatic rings. The van der Waals surface area contributed by atoms with Crippen LogP contribution in [0.15, 0.2) is 41.2 Å². The first-order valence-electron chi connectivity index (χ1n) is 11.5. The Morgan fingerprint density at radius 3 is 2.57 bits per heavy atom. The second kappa shape index (κ2) is 7.93. The second-order valence-electron chi connectivity index (χ2n) is 9.39. The van der Waals surface area contributed by atoms with Gasteiger partial charge in [0, 0.05) is 42.9 Å². The fourth-order valence-electron chi connectivity index (χ4n) is 5.70. The number of benzene rings is 1. The number of likely N-dealkylation sites (tertiary alicyclic amines) is 1. The number of hydrogen-bond donors (Lipinski definition) is 1. The predicted octanol–water partition coefficient (Wildman–Crippen LogP) is 4.29. The van der Waals surface area contributed by atoms with E-state index in [1.807, 2.05) is 33.7 Å². The Morgan fingerprint density at radius 2 is 1.77 bits per heavy atom. The van der Waals surface area contributed by atoms with E-state index in [0.717, 1.165) is 48.2 Å². The fraction of sp³-hybridized carbons (Fsp3) is 0.520. The third kappa shape index (κ3) is 3.55. The molecule has 0 unspecified atom stereocenters. The first-order chi connectivity index (χ1) is 14.6. The van der Waals surface area contributed by atoms with Crippen LogP contribution in [0.25, 0.3) is 11.1 Å². The van der Waals surface area contributed by atoms with Crippen molar-refractivity contribution in [2.24, 2.45) is 5.92 Å². The third-order valence-corrected chi connectivity index (χ3v) is 7.26. The number of rotatable bonds is 2. The maximum Gasteiger partial charge on any atom is 0.317 e. The molecule has 2 aliphatic heterocycles. The first kappa shape index (κ1) is 19.4. The van der Waals surface area contributed by atoms with Crippen LogP contribution < -0.4 is 10.9 Å². The van der Waals surface area contributed by atoms with E-state index >= 15 is 0 Å². The van der Waals surface area contributed by atoms with Crippen molar-refractivity contribution in [1.82, 2.24) is 14.8 Å². The summed E-state index contributed by atoms with van der Waals surface area (Å²) in [5, 5.41) is 3.27. The van der Waals surface area contributed by atoms with Crippen molar-refractivity contribution in [2.75, 3.05) is 13.1 Å². The average molecular weight is 406 g/mol. The van der Waals surface area contributed by atoms with Gasteiger partial charge in [-0.3, -0.25) is 4.79 Å². The highest BCUT2D eigenvalue weighted by Gasteiger charge is 2.37. The van der Waals surface area contributed by atoms with Crippen molar-refractivity contribution < 1.29 is 4.79 Å². The summed E-state index contributed by atoms with van der Waals surface area (Å²) in [5.41, 5.74) is 4.11. The third-order valence-electron chi connectivity index (χ3n) is 7.26. The van der Waals surface area contributed by atoms with E-state index in [-0.39, 0.29) is 17.5 Å². The molecule has 0 spiro atoms. The molecule has 2 atom stereocenters. The lowest BCUT2D eigenvalue weighted by Gasteiger charge is -2.43. The number of urea groups is 1. The molecule has 5 heteroatoms. The topological polar surface area (TPSA) is 54.3 Å². The average Bonchev–Trinajstić information content (AvgIpc) is 2.76. The van der Waals surface area contributed by atoms with Gasteiger partial charge in [0.15, 0.2) is 0 Å².